The highest BCUT2D eigenvalue weighted by Crippen LogP contribution is 2.37. The lowest BCUT2D eigenvalue weighted by Crippen LogP contribution is -2.54. The van der Waals surface area contributed by atoms with E-state index in [0.717, 1.165) is 11.0 Å². The first-order chi connectivity index (χ1) is 15.7. The van der Waals surface area contributed by atoms with Crippen molar-refractivity contribution >= 4 is 17.3 Å². The summed E-state index contributed by atoms with van der Waals surface area (Å²) in [4.78, 5) is 14.0. The van der Waals surface area contributed by atoms with Gasteiger partial charge < -0.3 is 9.64 Å². The lowest BCUT2D eigenvalue weighted by molar-refractivity contribution is -0.158. The first kappa shape index (κ1) is 24.0. The summed E-state index contributed by atoms with van der Waals surface area (Å²) < 4.78 is 75.3. The van der Waals surface area contributed by atoms with Crippen LogP contribution in [0.15, 0.2) is 42.5 Å². The number of halogens is 4. The highest BCUT2D eigenvalue weighted by Gasteiger charge is 2.59. The lowest BCUT2D eigenvalue weighted by atomic mass is 9.95. The van der Waals surface area contributed by atoms with Gasteiger partial charge in [0.2, 0.25) is 11.4 Å². The molecule has 5 nitrogen and oxygen atoms in total. The zero-order chi connectivity index (χ0) is 23.8. The molecule has 178 valence electrons. The van der Waals surface area contributed by atoms with Crippen LogP contribution in [0, 0.1) is 11.6 Å². The Hall–Kier alpha value is -2.14. The van der Waals surface area contributed by atoms with E-state index in [1.165, 1.54) is 12.1 Å². The minimum absolute atomic E-state index is 0.0677. The van der Waals surface area contributed by atoms with Gasteiger partial charge in [0, 0.05) is 12.5 Å². The Labute approximate surface area is 192 Å². The van der Waals surface area contributed by atoms with Crippen molar-refractivity contribution in [2.24, 2.45) is 0 Å². The highest BCUT2D eigenvalue weighted by molar-refractivity contribution is 7.89. The summed E-state index contributed by atoms with van der Waals surface area (Å²) in [6, 6.07) is 7.50. The minimum Gasteiger partial charge on any atom is -0.368 e. The van der Waals surface area contributed by atoms with Gasteiger partial charge in [-0.3, -0.25) is 4.79 Å². The largest absolute Gasteiger partial charge is 0.368 e. The minimum atomic E-state index is -3.25. The number of amides is 1. The van der Waals surface area contributed by atoms with Crippen LogP contribution < -0.4 is 4.72 Å². The van der Waals surface area contributed by atoms with E-state index in [2.05, 4.69) is 4.72 Å². The Morgan fingerprint density at radius 3 is 2.52 bits per heavy atom. The molecule has 33 heavy (non-hydrogen) atoms. The van der Waals surface area contributed by atoms with E-state index >= 15 is 8.78 Å². The third-order valence-electron chi connectivity index (χ3n) is 5.98. The first-order valence-corrected chi connectivity index (χ1v) is 12.0. The molecular weight excluding hydrogens is 460 g/mol. The maximum absolute atomic E-state index is 15.0. The molecule has 4 atom stereocenters. The predicted molar refractivity (Wildman–Crippen MR) is 118 cm³/mol. The van der Waals surface area contributed by atoms with Gasteiger partial charge in [0.25, 0.3) is 11.8 Å². The van der Waals surface area contributed by atoms with Crippen LogP contribution in [0.2, 0.25) is 0 Å². The zero-order valence-corrected chi connectivity index (χ0v) is 18.8. The Bertz CT molecular complexity index is 1000. The van der Waals surface area contributed by atoms with Gasteiger partial charge in [-0.15, -0.1) is 0 Å². The number of likely N-dealkylation sites (tertiary alicyclic amines) is 1. The molecule has 2 N–H and O–H groups in total. The second-order valence-electron chi connectivity index (χ2n) is 8.25. The van der Waals surface area contributed by atoms with E-state index in [1.807, 2.05) is 0 Å². The van der Waals surface area contributed by atoms with Crippen LogP contribution in [-0.4, -0.2) is 58.4 Å². The zero-order valence-electron chi connectivity index (χ0n) is 17.9. The molecule has 2 saturated heterocycles. The van der Waals surface area contributed by atoms with E-state index < -0.39 is 59.6 Å². The van der Waals surface area contributed by atoms with E-state index in [-0.39, 0.29) is 12.2 Å². The van der Waals surface area contributed by atoms with Crippen molar-refractivity contribution in [1.82, 2.24) is 9.62 Å². The average molecular weight is 486 g/mol. The second-order valence-corrected chi connectivity index (χ2v) is 9.80. The number of hydrogen-bond acceptors (Lipinski definition) is 4. The summed E-state index contributed by atoms with van der Waals surface area (Å²) in [5.41, 5.74) is 1.46. The number of rotatable bonds is 7. The summed E-state index contributed by atoms with van der Waals surface area (Å²) in [6.45, 7) is 1.31. The van der Waals surface area contributed by atoms with Crippen molar-refractivity contribution in [3.63, 3.8) is 0 Å². The number of benzene rings is 2. The van der Waals surface area contributed by atoms with E-state index in [9.17, 15) is 18.1 Å². The van der Waals surface area contributed by atoms with Gasteiger partial charge in [0.05, 0.1) is 19.2 Å². The molecule has 2 aliphatic rings. The number of carbonyl (C=O) groups is 1. The summed E-state index contributed by atoms with van der Waals surface area (Å²) in [6.07, 6.45) is -0.188. The van der Waals surface area contributed by atoms with Gasteiger partial charge in [0.15, 0.2) is 5.75 Å². The number of ether oxygens (including phenoxy) is 1. The van der Waals surface area contributed by atoms with Crippen LogP contribution >= 0.6 is 0 Å². The molecule has 0 aromatic heterocycles. The summed E-state index contributed by atoms with van der Waals surface area (Å²) in [7, 11) is 0. The van der Waals surface area contributed by atoms with Gasteiger partial charge in [-0.1, -0.05) is 29.0 Å². The SMILES string of the molecule is CC[S+](O)N[C@@H]1[C@H](Cc2cccc(-c3cc(F)cc(F)c3)c2)N(C(=O)C2CCO2)CC1(F)F. The van der Waals surface area contributed by atoms with E-state index in [0.29, 0.717) is 29.7 Å². The number of nitrogens with zero attached hydrogens (tertiary/aromatic N) is 1. The fourth-order valence-corrected chi connectivity index (χ4v) is 5.01. The normalized spacial score (nSPS) is 25.0. The van der Waals surface area contributed by atoms with Crippen molar-refractivity contribution in [3.05, 3.63) is 59.7 Å². The van der Waals surface area contributed by atoms with Gasteiger partial charge in [0.1, 0.15) is 23.8 Å². The Morgan fingerprint density at radius 2 is 1.91 bits per heavy atom. The van der Waals surface area contributed by atoms with Crippen LogP contribution in [0.1, 0.15) is 18.9 Å². The van der Waals surface area contributed by atoms with Gasteiger partial charge >= 0.3 is 0 Å². The molecule has 10 heteroatoms. The number of carbonyl (C=O) groups excluding carboxylic acids is 1. The lowest BCUT2D eigenvalue weighted by Gasteiger charge is -2.33. The molecule has 2 aromatic carbocycles. The number of alkyl halides is 2. The summed E-state index contributed by atoms with van der Waals surface area (Å²) in [5.74, 6) is -4.94. The van der Waals surface area contributed by atoms with E-state index in [4.69, 9.17) is 4.74 Å². The third-order valence-corrected chi connectivity index (χ3v) is 7.06. The average Bonchev–Trinajstić information content (AvgIpc) is 2.96. The van der Waals surface area contributed by atoms with Crippen LogP contribution in [0.25, 0.3) is 11.1 Å². The van der Waals surface area contributed by atoms with Gasteiger partial charge in [-0.05, 0) is 42.2 Å². The molecule has 0 saturated carbocycles. The maximum atomic E-state index is 15.0. The molecule has 2 fully saturated rings. The Balaban J connectivity index is 1.65. The van der Waals surface area contributed by atoms with Crippen LogP contribution in [0.4, 0.5) is 17.6 Å². The van der Waals surface area contributed by atoms with Crippen LogP contribution in [-0.2, 0) is 27.3 Å². The van der Waals surface area contributed by atoms with Crippen molar-refractivity contribution in [3.8, 4) is 11.1 Å². The van der Waals surface area contributed by atoms with Crippen LogP contribution in [0.3, 0.4) is 0 Å². The highest BCUT2D eigenvalue weighted by atomic mass is 32.2. The molecule has 0 radical (unpaired) electrons. The van der Waals surface area contributed by atoms with Crippen molar-refractivity contribution in [1.29, 1.82) is 0 Å². The monoisotopic (exact) mass is 485 g/mol. The molecule has 4 rings (SSSR count). The second kappa shape index (κ2) is 9.61. The summed E-state index contributed by atoms with van der Waals surface area (Å²) in [5, 5.41) is 0. The first-order valence-electron chi connectivity index (χ1n) is 10.7. The van der Waals surface area contributed by atoms with Crippen molar-refractivity contribution in [2.45, 2.75) is 43.9 Å². The molecule has 2 aromatic rings. The molecule has 0 spiro atoms. The quantitative estimate of drug-likeness (QED) is 0.463. The predicted octanol–water partition coefficient (Wildman–Crippen LogP) is 3.79. The van der Waals surface area contributed by atoms with Crippen molar-refractivity contribution < 1.29 is 31.6 Å². The topological polar surface area (TPSA) is 61.8 Å². The molecule has 2 unspecified atom stereocenters. The Morgan fingerprint density at radius 1 is 1.21 bits per heavy atom. The molecule has 1 amide bonds. The molecule has 2 aliphatic heterocycles. The van der Waals surface area contributed by atoms with Crippen LogP contribution in [0.5, 0.6) is 0 Å². The fraction of sp³-hybridized carbons (Fsp3) is 0.435. The van der Waals surface area contributed by atoms with Crippen molar-refractivity contribution in [2.75, 3.05) is 18.9 Å². The molecule has 0 aliphatic carbocycles. The molecule has 2 heterocycles. The summed E-state index contributed by atoms with van der Waals surface area (Å²) >= 11 is -1.44. The Kier molecular flexibility index (Phi) is 6.99. The standard InChI is InChI=1S/C23H25F4N2O3S/c1-2-33(31)28-21-19(29(13-23(21,26)27)22(30)20-6-7-32-20)9-14-4-3-5-15(8-14)16-10-17(24)12-18(25)11-16/h3-5,8,10-12,19-21,28,31H,2,6-7,9,13H2,1H3/q+1/t19-,20?,21+,33?/m0/s1. The third kappa shape index (κ3) is 5.18. The number of nitrogens with one attached hydrogen (secondary N) is 1. The maximum Gasteiger partial charge on any atom is 0.286 e. The smallest absolute Gasteiger partial charge is 0.286 e. The van der Waals surface area contributed by atoms with Gasteiger partial charge in [-0.25, -0.2) is 17.6 Å². The molecule has 0 bridgehead atoms. The fourth-order valence-electron chi connectivity index (χ4n) is 4.22. The molecular formula is C23H25F4N2O3S+. The van der Waals surface area contributed by atoms with E-state index in [1.54, 1.807) is 31.2 Å². The van der Waals surface area contributed by atoms with Gasteiger partial charge in [-0.2, -0.15) is 4.55 Å². The number of hydrogen-bond donors (Lipinski definition) is 2.